The standard InChI is InChI=1S/C23H17F2N3O3S/c24-17-8-10-18(11-9-17)28(15-23(29)27-21-6-2-1-5-20(21)25)32(30,31)22-7-3-4-16-14-26-13-12-19(16)22/h1-14H,15H2,(H,27,29). The number of sulfonamides is 1. The third kappa shape index (κ3) is 4.28. The Hall–Kier alpha value is -3.85. The third-order valence-corrected chi connectivity index (χ3v) is 6.59. The van der Waals surface area contributed by atoms with Gasteiger partial charge in [-0.15, -0.1) is 0 Å². The summed E-state index contributed by atoms with van der Waals surface area (Å²) < 4.78 is 55.6. The highest BCUT2D eigenvalue weighted by molar-refractivity contribution is 7.93. The smallest absolute Gasteiger partial charge is 0.265 e. The van der Waals surface area contributed by atoms with E-state index in [2.05, 4.69) is 10.3 Å². The highest BCUT2D eigenvalue weighted by Crippen LogP contribution is 2.29. The number of para-hydroxylation sites is 1. The van der Waals surface area contributed by atoms with E-state index in [4.69, 9.17) is 0 Å². The van der Waals surface area contributed by atoms with Gasteiger partial charge in [-0.25, -0.2) is 17.2 Å². The van der Waals surface area contributed by atoms with E-state index >= 15 is 0 Å². The maximum Gasteiger partial charge on any atom is 0.265 e. The van der Waals surface area contributed by atoms with Crippen LogP contribution < -0.4 is 9.62 Å². The number of fused-ring (bicyclic) bond motifs is 1. The minimum atomic E-state index is -4.26. The first-order chi connectivity index (χ1) is 15.4. The van der Waals surface area contributed by atoms with Crippen molar-refractivity contribution in [1.82, 2.24) is 4.98 Å². The number of pyridine rings is 1. The monoisotopic (exact) mass is 453 g/mol. The molecule has 0 unspecified atom stereocenters. The number of nitrogens with one attached hydrogen (secondary N) is 1. The predicted octanol–water partition coefficient (Wildman–Crippen LogP) is 4.35. The second-order valence-electron chi connectivity index (χ2n) is 6.87. The van der Waals surface area contributed by atoms with Crippen molar-refractivity contribution in [3.8, 4) is 0 Å². The van der Waals surface area contributed by atoms with Crippen molar-refractivity contribution in [3.63, 3.8) is 0 Å². The summed E-state index contributed by atoms with van der Waals surface area (Å²) in [6.07, 6.45) is 3.00. The summed E-state index contributed by atoms with van der Waals surface area (Å²) in [4.78, 5) is 16.7. The molecule has 6 nitrogen and oxygen atoms in total. The second kappa shape index (κ2) is 8.72. The van der Waals surface area contributed by atoms with E-state index in [-0.39, 0.29) is 16.3 Å². The maximum absolute atomic E-state index is 13.9. The first-order valence-corrected chi connectivity index (χ1v) is 11.0. The molecular formula is C23H17F2N3O3S. The van der Waals surface area contributed by atoms with Crippen molar-refractivity contribution >= 4 is 38.1 Å². The van der Waals surface area contributed by atoms with Crippen molar-refractivity contribution in [3.05, 3.63) is 96.8 Å². The summed E-state index contributed by atoms with van der Waals surface area (Å²) >= 11 is 0. The molecule has 4 aromatic rings. The Morgan fingerprint density at radius 3 is 2.44 bits per heavy atom. The van der Waals surface area contributed by atoms with Crippen LogP contribution in [-0.4, -0.2) is 25.9 Å². The fourth-order valence-corrected chi connectivity index (χ4v) is 4.88. The Bertz CT molecular complexity index is 1390. The second-order valence-corrected chi connectivity index (χ2v) is 8.70. The lowest BCUT2D eigenvalue weighted by molar-refractivity contribution is -0.114. The molecule has 0 saturated carbocycles. The summed E-state index contributed by atoms with van der Waals surface area (Å²) in [6, 6.07) is 16.5. The predicted molar refractivity (Wildman–Crippen MR) is 118 cm³/mol. The minimum absolute atomic E-state index is 0.0413. The fraction of sp³-hybridized carbons (Fsp3) is 0.0435. The van der Waals surface area contributed by atoms with Gasteiger partial charge in [-0.2, -0.15) is 0 Å². The number of halogens is 2. The van der Waals surface area contributed by atoms with Gasteiger partial charge in [0.15, 0.2) is 0 Å². The summed E-state index contributed by atoms with van der Waals surface area (Å²) in [7, 11) is -4.26. The van der Waals surface area contributed by atoms with Gasteiger partial charge in [0.05, 0.1) is 16.3 Å². The summed E-state index contributed by atoms with van der Waals surface area (Å²) in [5, 5.41) is 3.40. The van der Waals surface area contributed by atoms with Gasteiger partial charge in [-0.05, 0) is 48.5 Å². The summed E-state index contributed by atoms with van der Waals surface area (Å²) in [6.45, 7) is -0.649. The van der Waals surface area contributed by atoms with Crippen LogP contribution in [0.3, 0.4) is 0 Å². The molecule has 0 aliphatic heterocycles. The molecule has 0 aliphatic rings. The van der Waals surface area contributed by atoms with E-state index < -0.39 is 34.1 Å². The topological polar surface area (TPSA) is 79.4 Å². The number of nitrogens with zero attached hydrogens (tertiary/aromatic N) is 2. The molecule has 0 radical (unpaired) electrons. The molecule has 1 heterocycles. The minimum Gasteiger partial charge on any atom is -0.322 e. The van der Waals surface area contributed by atoms with Crippen LogP contribution in [0.15, 0.2) is 90.1 Å². The normalized spacial score (nSPS) is 11.3. The number of carbonyl (C=O) groups is 1. The molecule has 0 aliphatic carbocycles. The van der Waals surface area contributed by atoms with E-state index in [0.29, 0.717) is 10.8 Å². The van der Waals surface area contributed by atoms with Crippen LogP contribution in [0.1, 0.15) is 0 Å². The Morgan fingerprint density at radius 2 is 1.69 bits per heavy atom. The molecule has 0 saturated heterocycles. The van der Waals surface area contributed by atoms with Crippen LogP contribution >= 0.6 is 0 Å². The highest BCUT2D eigenvalue weighted by Gasteiger charge is 2.29. The number of rotatable bonds is 6. The molecule has 0 spiro atoms. The zero-order valence-electron chi connectivity index (χ0n) is 16.6. The van der Waals surface area contributed by atoms with Gasteiger partial charge in [0.1, 0.15) is 18.2 Å². The van der Waals surface area contributed by atoms with E-state index in [1.54, 1.807) is 18.2 Å². The van der Waals surface area contributed by atoms with Crippen LogP contribution in [0.4, 0.5) is 20.2 Å². The Morgan fingerprint density at radius 1 is 0.938 bits per heavy atom. The Kier molecular flexibility index (Phi) is 5.83. The van der Waals surface area contributed by atoms with Crippen molar-refractivity contribution in [2.75, 3.05) is 16.2 Å². The number of hydrogen-bond donors (Lipinski definition) is 1. The number of amides is 1. The fourth-order valence-electron chi connectivity index (χ4n) is 3.24. The van der Waals surface area contributed by atoms with Gasteiger partial charge in [0.25, 0.3) is 10.0 Å². The molecule has 162 valence electrons. The lowest BCUT2D eigenvalue weighted by Crippen LogP contribution is -2.38. The van der Waals surface area contributed by atoms with Crippen molar-refractivity contribution in [1.29, 1.82) is 0 Å². The van der Waals surface area contributed by atoms with Crippen LogP contribution in [0.25, 0.3) is 10.8 Å². The molecule has 1 amide bonds. The number of hydrogen-bond acceptors (Lipinski definition) is 4. The van der Waals surface area contributed by atoms with Crippen molar-refractivity contribution in [2.24, 2.45) is 0 Å². The molecule has 0 atom stereocenters. The van der Waals surface area contributed by atoms with Crippen LogP contribution in [0.2, 0.25) is 0 Å². The number of aromatic nitrogens is 1. The average Bonchev–Trinajstić information content (AvgIpc) is 2.79. The van der Waals surface area contributed by atoms with E-state index in [0.717, 1.165) is 16.4 Å². The van der Waals surface area contributed by atoms with Gasteiger partial charge in [0, 0.05) is 23.2 Å². The van der Waals surface area contributed by atoms with Crippen molar-refractivity contribution < 1.29 is 22.0 Å². The molecule has 32 heavy (non-hydrogen) atoms. The first-order valence-electron chi connectivity index (χ1n) is 9.52. The lowest BCUT2D eigenvalue weighted by atomic mass is 10.2. The van der Waals surface area contributed by atoms with Gasteiger partial charge < -0.3 is 5.32 Å². The molecule has 1 N–H and O–H groups in total. The van der Waals surface area contributed by atoms with Gasteiger partial charge in [-0.3, -0.25) is 14.1 Å². The molecular weight excluding hydrogens is 436 g/mol. The molecule has 0 fully saturated rings. The zero-order valence-corrected chi connectivity index (χ0v) is 17.4. The first kappa shape index (κ1) is 21.4. The summed E-state index contributed by atoms with van der Waals surface area (Å²) in [5.74, 6) is -1.97. The average molecular weight is 453 g/mol. The van der Waals surface area contributed by atoms with E-state index in [9.17, 15) is 22.0 Å². The van der Waals surface area contributed by atoms with Crippen LogP contribution in [-0.2, 0) is 14.8 Å². The van der Waals surface area contributed by atoms with Gasteiger partial charge in [-0.1, -0.05) is 24.3 Å². The SMILES string of the molecule is O=C(CN(c1ccc(F)cc1)S(=O)(=O)c1cccc2cnccc12)Nc1ccccc1F. The molecule has 9 heteroatoms. The van der Waals surface area contributed by atoms with Crippen LogP contribution in [0, 0.1) is 11.6 Å². The highest BCUT2D eigenvalue weighted by atomic mass is 32.2. The quantitative estimate of drug-likeness (QED) is 0.471. The Balaban J connectivity index is 1.76. The number of benzene rings is 3. The molecule has 0 bridgehead atoms. The van der Waals surface area contributed by atoms with Gasteiger partial charge in [0.2, 0.25) is 5.91 Å². The van der Waals surface area contributed by atoms with Gasteiger partial charge >= 0.3 is 0 Å². The molecule has 1 aromatic heterocycles. The van der Waals surface area contributed by atoms with E-state index in [1.165, 1.54) is 54.9 Å². The lowest BCUT2D eigenvalue weighted by Gasteiger charge is -2.25. The molecule has 4 rings (SSSR count). The molecule has 3 aromatic carbocycles. The van der Waals surface area contributed by atoms with Crippen molar-refractivity contribution in [2.45, 2.75) is 4.90 Å². The summed E-state index contributed by atoms with van der Waals surface area (Å²) in [5.41, 5.74) is 0.00586. The van der Waals surface area contributed by atoms with Crippen LogP contribution in [0.5, 0.6) is 0 Å². The zero-order chi connectivity index (χ0) is 22.7. The largest absolute Gasteiger partial charge is 0.322 e. The maximum atomic E-state index is 13.9. The number of anilines is 2. The Labute approximate surface area is 183 Å². The number of carbonyl (C=O) groups excluding carboxylic acids is 1. The van der Waals surface area contributed by atoms with E-state index in [1.807, 2.05) is 0 Å². The third-order valence-electron chi connectivity index (χ3n) is 4.76.